The van der Waals surface area contributed by atoms with Crippen molar-refractivity contribution in [2.24, 2.45) is 0 Å². The van der Waals surface area contributed by atoms with Crippen LogP contribution in [-0.2, 0) is 5.41 Å². The molecule has 2 rings (SSSR count). The summed E-state index contributed by atoms with van der Waals surface area (Å²) in [4.78, 5) is 0. The maximum absolute atomic E-state index is 6.18. The zero-order chi connectivity index (χ0) is 10.2. The molecule has 0 aliphatic heterocycles. The van der Waals surface area contributed by atoms with Gasteiger partial charge in [0.15, 0.2) is 0 Å². The minimum absolute atomic E-state index is 0.274. The van der Waals surface area contributed by atoms with Crippen molar-refractivity contribution in [3.05, 3.63) is 33.8 Å². The van der Waals surface area contributed by atoms with Crippen LogP contribution in [0.4, 0.5) is 0 Å². The Hall–Kier alpha value is -0.240. The van der Waals surface area contributed by atoms with Gasteiger partial charge in [0.25, 0.3) is 0 Å². The highest BCUT2D eigenvalue weighted by atomic mass is 35.5. The second-order valence-electron chi connectivity index (χ2n) is 3.93. The third kappa shape index (κ3) is 1.77. The van der Waals surface area contributed by atoms with Crippen molar-refractivity contribution >= 4 is 23.2 Å². The van der Waals surface area contributed by atoms with Gasteiger partial charge in [-0.25, -0.2) is 0 Å². The van der Waals surface area contributed by atoms with E-state index in [2.05, 4.69) is 11.4 Å². The average Bonchev–Trinajstić information content (AvgIpc) is 2.86. The molecule has 0 spiro atoms. The van der Waals surface area contributed by atoms with Crippen LogP contribution in [0.3, 0.4) is 0 Å². The molecule has 0 amide bonds. The van der Waals surface area contributed by atoms with Gasteiger partial charge in [0.2, 0.25) is 0 Å². The number of hydrogen-bond acceptors (Lipinski definition) is 1. The molecule has 1 aromatic carbocycles. The van der Waals surface area contributed by atoms with E-state index in [4.69, 9.17) is 23.2 Å². The molecule has 1 fully saturated rings. The molecule has 0 heterocycles. The Morgan fingerprint density at radius 1 is 1.36 bits per heavy atom. The topological polar surface area (TPSA) is 12.0 Å². The van der Waals surface area contributed by atoms with Gasteiger partial charge >= 0.3 is 0 Å². The summed E-state index contributed by atoms with van der Waals surface area (Å²) in [6.07, 6.45) is 2.43. The van der Waals surface area contributed by atoms with Crippen molar-refractivity contribution in [1.82, 2.24) is 5.32 Å². The number of benzene rings is 1. The molecule has 3 heteroatoms. The molecule has 0 saturated heterocycles. The van der Waals surface area contributed by atoms with Crippen LogP contribution >= 0.6 is 23.2 Å². The van der Waals surface area contributed by atoms with E-state index in [-0.39, 0.29) is 5.41 Å². The SMILES string of the molecule is CNCC1(c2ccc(Cl)cc2Cl)CC1. The monoisotopic (exact) mass is 229 g/mol. The van der Waals surface area contributed by atoms with Crippen molar-refractivity contribution in [3.8, 4) is 0 Å². The van der Waals surface area contributed by atoms with Gasteiger partial charge < -0.3 is 5.32 Å². The summed E-state index contributed by atoms with van der Waals surface area (Å²) in [5.74, 6) is 0. The van der Waals surface area contributed by atoms with Crippen LogP contribution in [0, 0.1) is 0 Å². The fraction of sp³-hybridized carbons (Fsp3) is 0.455. The Kier molecular flexibility index (Phi) is 2.74. The van der Waals surface area contributed by atoms with Crippen molar-refractivity contribution < 1.29 is 0 Å². The third-order valence-corrected chi connectivity index (χ3v) is 3.42. The van der Waals surface area contributed by atoms with Crippen molar-refractivity contribution in [2.75, 3.05) is 13.6 Å². The van der Waals surface area contributed by atoms with Crippen LogP contribution in [-0.4, -0.2) is 13.6 Å². The Balaban J connectivity index is 2.32. The summed E-state index contributed by atoms with van der Waals surface area (Å²) >= 11 is 12.0. The minimum Gasteiger partial charge on any atom is -0.319 e. The summed E-state index contributed by atoms with van der Waals surface area (Å²) in [6.45, 7) is 0.994. The van der Waals surface area contributed by atoms with Crippen molar-refractivity contribution in [3.63, 3.8) is 0 Å². The summed E-state index contributed by atoms with van der Waals surface area (Å²) < 4.78 is 0. The van der Waals surface area contributed by atoms with Crippen LogP contribution < -0.4 is 5.32 Å². The lowest BCUT2D eigenvalue weighted by molar-refractivity contribution is 0.624. The van der Waals surface area contributed by atoms with Crippen molar-refractivity contribution in [2.45, 2.75) is 18.3 Å². The molecular formula is C11H13Cl2N. The maximum Gasteiger partial charge on any atom is 0.0458 e. The van der Waals surface area contributed by atoms with Gasteiger partial charge in [-0.3, -0.25) is 0 Å². The van der Waals surface area contributed by atoms with E-state index in [1.54, 1.807) is 0 Å². The largest absolute Gasteiger partial charge is 0.319 e. The van der Waals surface area contributed by atoms with E-state index in [0.29, 0.717) is 5.02 Å². The van der Waals surface area contributed by atoms with Crippen LogP contribution in [0.5, 0.6) is 0 Å². The van der Waals surface area contributed by atoms with Gasteiger partial charge in [-0.15, -0.1) is 0 Å². The number of rotatable bonds is 3. The molecule has 0 aromatic heterocycles. The summed E-state index contributed by atoms with van der Waals surface area (Å²) in [5, 5.41) is 4.72. The van der Waals surface area contributed by atoms with E-state index < -0.39 is 0 Å². The molecule has 1 aromatic rings. The van der Waals surface area contributed by atoms with Gasteiger partial charge in [-0.05, 0) is 37.6 Å². The first kappa shape index (κ1) is 10.3. The highest BCUT2D eigenvalue weighted by Gasteiger charge is 2.44. The normalized spacial score (nSPS) is 18.2. The maximum atomic E-state index is 6.18. The lowest BCUT2D eigenvalue weighted by Gasteiger charge is -2.16. The smallest absolute Gasteiger partial charge is 0.0458 e. The molecule has 1 aliphatic rings. The summed E-state index contributed by atoms with van der Waals surface area (Å²) in [7, 11) is 1.98. The molecule has 0 radical (unpaired) electrons. The van der Waals surface area contributed by atoms with Gasteiger partial charge in [-0.1, -0.05) is 29.3 Å². The second-order valence-corrected chi connectivity index (χ2v) is 4.78. The first-order chi connectivity index (χ1) is 6.68. The molecule has 1 aliphatic carbocycles. The quantitative estimate of drug-likeness (QED) is 0.840. The number of nitrogens with one attached hydrogen (secondary N) is 1. The van der Waals surface area contributed by atoms with E-state index in [9.17, 15) is 0 Å². The lowest BCUT2D eigenvalue weighted by Crippen LogP contribution is -2.23. The average molecular weight is 230 g/mol. The number of likely N-dealkylation sites (N-methyl/N-ethyl adjacent to an activating group) is 1. The standard InChI is InChI=1S/C11H13Cl2N/c1-14-7-11(4-5-11)9-3-2-8(12)6-10(9)13/h2-3,6,14H,4-5,7H2,1H3. The van der Waals surface area contributed by atoms with Crippen LogP contribution in [0.15, 0.2) is 18.2 Å². The van der Waals surface area contributed by atoms with Gasteiger partial charge in [0.1, 0.15) is 0 Å². The fourth-order valence-corrected chi connectivity index (χ4v) is 2.56. The highest BCUT2D eigenvalue weighted by molar-refractivity contribution is 6.35. The predicted octanol–water partition coefficient (Wildman–Crippen LogP) is 3.24. The van der Waals surface area contributed by atoms with Gasteiger partial charge in [0.05, 0.1) is 0 Å². The molecular weight excluding hydrogens is 217 g/mol. The van der Waals surface area contributed by atoms with E-state index in [1.165, 1.54) is 18.4 Å². The molecule has 1 nitrogen and oxygen atoms in total. The second kappa shape index (κ2) is 3.73. The van der Waals surface area contributed by atoms with E-state index >= 15 is 0 Å². The third-order valence-electron chi connectivity index (χ3n) is 2.87. The molecule has 14 heavy (non-hydrogen) atoms. The van der Waals surface area contributed by atoms with E-state index in [1.807, 2.05) is 19.2 Å². The Bertz CT molecular complexity index is 345. The highest BCUT2D eigenvalue weighted by Crippen LogP contribution is 2.50. The molecule has 76 valence electrons. The van der Waals surface area contributed by atoms with Crippen LogP contribution in [0.2, 0.25) is 10.0 Å². The van der Waals surface area contributed by atoms with Gasteiger partial charge in [-0.2, -0.15) is 0 Å². The minimum atomic E-state index is 0.274. The molecule has 1 N–H and O–H groups in total. The van der Waals surface area contributed by atoms with Crippen LogP contribution in [0.1, 0.15) is 18.4 Å². The Labute approximate surface area is 94.4 Å². The number of hydrogen-bond donors (Lipinski definition) is 1. The Morgan fingerprint density at radius 2 is 2.07 bits per heavy atom. The first-order valence-corrected chi connectivity index (χ1v) is 5.54. The molecule has 0 bridgehead atoms. The number of halogens is 2. The molecule has 0 atom stereocenters. The summed E-state index contributed by atoms with van der Waals surface area (Å²) in [5.41, 5.74) is 1.51. The van der Waals surface area contributed by atoms with Crippen LogP contribution in [0.25, 0.3) is 0 Å². The first-order valence-electron chi connectivity index (χ1n) is 4.78. The fourth-order valence-electron chi connectivity index (χ4n) is 1.95. The zero-order valence-corrected chi connectivity index (χ0v) is 9.62. The summed E-state index contributed by atoms with van der Waals surface area (Å²) in [6, 6.07) is 5.79. The lowest BCUT2D eigenvalue weighted by atomic mass is 9.96. The zero-order valence-electron chi connectivity index (χ0n) is 8.11. The molecule has 1 saturated carbocycles. The molecule has 0 unspecified atom stereocenters. The van der Waals surface area contributed by atoms with Crippen molar-refractivity contribution in [1.29, 1.82) is 0 Å². The predicted molar refractivity (Wildman–Crippen MR) is 61.3 cm³/mol. The Morgan fingerprint density at radius 3 is 2.57 bits per heavy atom. The van der Waals surface area contributed by atoms with E-state index in [0.717, 1.165) is 11.6 Å². The van der Waals surface area contributed by atoms with Gasteiger partial charge in [0, 0.05) is 22.0 Å².